The van der Waals surface area contributed by atoms with Crippen molar-refractivity contribution >= 4 is 11.5 Å². The predicted octanol–water partition coefficient (Wildman–Crippen LogP) is 4.19. The van der Waals surface area contributed by atoms with Crippen molar-refractivity contribution in [2.45, 2.75) is 20.3 Å². The number of Topliss-reactive ketones (excluding diaryl/α,β-unsaturated/α-hetero) is 1. The Morgan fingerprint density at radius 3 is 2.19 bits per heavy atom. The van der Waals surface area contributed by atoms with E-state index >= 15 is 0 Å². The molecule has 0 amide bonds. The number of rotatable bonds is 5. The minimum atomic E-state index is 0.0964. The lowest BCUT2D eigenvalue weighted by atomic mass is 9.97. The molecule has 0 heterocycles. The molecule has 0 aliphatic heterocycles. The second-order valence-corrected chi connectivity index (χ2v) is 5.91. The number of anilines is 1. The number of hydrogen-bond donors (Lipinski definition) is 0. The van der Waals surface area contributed by atoms with Crippen LogP contribution in [0.2, 0.25) is 0 Å². The van der Waals surface area contributed by atoms with Crippen LogP contribution in [0.25, 0.3) is 11.1 Å². The normalized spacial score (nSPS) is 10.7. The highest BCUT2D eigenvalue weighted by Gasteiger charge is 2.09. The van der Waals surface area contributed by atoms with Gasteiger partial charge in [-0.2, -0.15) is 0 Å². The lowest BCUT2D eigenvalue weighted by molar-refractivity contribution is -0.121. The van der Waals surface area contributed by atoms with E-state index in [1.807, 2.05) is 13.8 Å². The van der Waals surface area contributed by atoms with Gasteiger partial charge in [0.1, 0.15) is 5.78 Å². The molecule has 0 aromatic heterocycles. The first kappa shape index (κ1) is 15.3. The first-order valence-corrected chi connectivity index (χ1v) is 7.37. The van der Waals surface area contributed by atoms with Crippen molar-refractivity contribution in [3.8, 4) is 11.1 Å². The summed E-state index contributed by atoms with van der Waals surface area (Å²) in [6.45, 7) is 3.90. The molecule has 0 saturated carbocycles. The molecule has 0 atom stereocenters. The molecule has 0 unspecified atom stereocenters. The summed E-state index contributed by atoms with van der Waals surface area (Å²) in [5, 5.41) is 0. The number of nitrogens with zero attached hydrogens (tertiary/aromatic N) is 1. The second kappa shape index (κ2) is 6.57. The molecule has 2 nitrogen and oxygen atoms in total. The summed E-state index contributed by atoms with van der Waals surface area (Å²) in [7, 11) is 4.10. The fourth-order valence-electron chi connectivity index (χ4n) is 2.32. The topological polar surface area (TPSA) is 20.3 Å². The molecule has 2 heteroatoms. The molecule has 0 aliphatic rings. The molecule has 110 valence electrons. The molecule has 2 aromatic rings. The van der Waals surface area contributed by atoms with Crippen LogP contribution in [0.1, 0.15) is 19.4 Å². The van der Waals surface area contributed by atoms with Crippen molar-refractivity contribution in [1.82, 2.24) is 0 Å². The first-order valence-electron chi connectivity index (χ1n) is 7.37. The predicted molar refractivity (Wildman–Crippen MR) is 89.8 cm³/mol. The Morgan fingerprint density at radius 1 is 1.00 bits per heavy atom. The van der Waals surface area contributed by atoms with E-state index in [1.54, 1.807) is 0 Å². The fourth-order valence-corrected chi connectivity index (χ4v) is 2.32. The summed E-state index contributed by atoms with van der Waals surface area (Å²) in [5.74, 6) is 0.385. The van der Waals surface area contributed by atoms with Gasteiger partial charge in [0.25, 0.3) is 0 Å². The van der Waals surface area contributed by atoms with E-state index in [2.05, 4.69) is 67.5 Å². The number of ketones is 1. The van der Waals surface area contributed by atoms with Crippen molar-refractivity contribution in [3.05, 3.63) is 54.1 Å². The number of hydrogen-bond acceptors (Lipinski definition) is 2. The molecule has 0 spiro atoms. The first-order chi connectivity index (χ1) is 9.99. The molecular formula is C19H23NO. The zero-order valence-electron chi connectivity index (χ0n) is 13.3. The minimum Gasteiger partial charge on any atom is -0.377 e. The third kappa shape index (κ3) is 3.72. The summed E-state index contributed by atoms with van der Waals surface area (Å²) in [6, 6.07) is 16.7. The van der Waals surface area contributed by atoms with Crippen LogP contribution in [0.15, 0.2) is 48.5 Å². The maximum absolute atomic E-state index is 11.8. The highest BCUT2D eigenvalue weighted by molar-refractivity contribution is 5.83. The average molecular weight is 281 g/mol. The van der Waals surface area contributed by atoms with Crippen molar-refractivity contribution < 1.29 is 4.79 Å². The van der Waals surface area contributed by atoms with Crippen LogP contribution < -0.4 is 4.90 Å². The molecule has 0 saturated heterocycles. The van der Waals surface area contributed by atoms with E-state index < -0.39 is 0 Å². The minimum absolute atomic E-state index is 0.0964. The van der Waals surface area contributed by atoms with Gasteiger partial charge in [0.2, 0.25) is 0 Å². The number of carbonyl (C=O) groups is 1. The van der Waals surface area contributed by atoms with Gasteiger partial charge in [0, 0.05) is 37.7 Å². The van der Waals surface area contributed by atoms with Crippen LogP contribution in [-0.2, 0) is 11.2 Å². The van der Waals surface area contributed by atoms with Gasteiger partial charge < -0.3 is 4.90 Å². The van der Waals surface area contributed by atoms with E-state index in [1.165, 1.54) is 16.8 Å². The number of para-hydroxylation sites is 1. The third-order valence-corrected chi connectivity index (χ3v) is 3.67. The Kier molecular flexibility index (Phi) is 4.79. The Bertz CT molecular complexity index is 612. The molecule has 2 aromatic carbocycles. The summed E-state index contributed by atoms with van der Waals surface area (Å²) >= 11 is 0. The molecule has 0 aliphatic carbocycles. The maximum atomic E-state index is 11.8. The number of benzene rings is 2. The average Bonchev–Trinajstić information content (AvgIpc) is 2.48. The van der Waals surface area contributed by atoms with E-state index in [0.717, 1.165) is 5.56 Å². The van der Waals surface area contributed by atoms with Crippen molar-refractivity contribution in [3.63, 3.8) is 0 Å². The van der Waals surface area contributed by atoms with Crippen molar-refractivity contribution in [2.75, 3.05) is 19.0 Å². The molecule has 2 rings (SSSR count). The summed E-state index contributed by atoms with van der Waals surface area (Å²) in [6.07, 6.45) is 0.521. The molecule has 0 fully saturated rings. The molecular weight excluding hydrogens is 258 g/mol. The zero-order chi connectivity index (χ0) is 15.4. The van der Waals surface area contributed by atoms with Gasteiger partial charge in [-0.15, -0.1) is 0 Å². The molecule has 21 heavy (non-hydrogen) atoms. The van der Waals surface area contributed by atoms with Gasteiger partial charge in [-0.25, -0.2) is 0 Å². The largest absolute Gasteiger partial charge is 0.377 e. The Morgan fingerprint density at radius 2 is 1.62 bits per heavy atom. The molecule has 0 N–H and O–H groups in total. The SMILES string of the molecule is CC(C)C(=O)Cc1ccc(-c2ccccc2N(C)C)cc1. The Hall–Kier alpha value is -2.09. The van der Waals surface area contributed by atoms with Crippen LogP contribution in [-0.4, -0.2) is 19.9 Å². The summed E-state index contributed by atoms with van der Waals surface area (Å²) in [5.41, 5.74) is 4.67. The van der Waals surface area contributed by atoms with Crippen LogP contribution in [0.3, 0.4) is 0 Å². The summed E-state index contributed by atoms with van der Waals surface area (Å²) in [4.78, 5) is 13.9. The van der Waals surface area contributed by atoms with Gasteiger partial charge in [0.15, 0.2) is 0 Å². The van der Waals surface area contributed by atoms with Crippen LogP contribution in [0.4, 0.5) is 5.69 Å². The van der Waals surface area contributed by atoms with Crippen LogP contribution in [0, 0.1) is 5.92 Å². The van der Waals surface area contributed by atoms with Gasteiger partial charge in [-0.1, -0.05) is 56.3 Å². The van der Waals surface area contributed by atoms with Gasteiger partial charge in [-0.3, -0.25) is 4.79 Å². The quantitative estimate of drug-likeness (QED) is 0.819. The van der Waals surface area contributed by atoms with Crippen LogP contribution in [0.5, 0.6) is 0 Å². The van der Waals surface area contributed by atoms with E-state index in [-0.39, 0.29) is 11.7 Å². The Balaban J connectivity index is 2.25. The van der Waals surface area contributed by atoms with E-state index in [4.69, 9.17) is 0 Å². The smallest absolute Gasteiger partial charge is 0.139 e. The van der Waals surface area contributed by atoms with Crippen molar-refractivity contribution in [2.24, 2.45) is 5.92 Å². The monoisotopic (exact) mass is 281 g/mol. The van der Waals surface area contributed by atoms with Crippen LogP contribution >= 0.6 is 0 Å². The molecule has 0 bridgehead atoms. The lowest BCUT2D eigenvalue weighted by Gasteiger charge is -2.17. The second-order valence-electron chi connectivity index (χ2n) is 5.91. The summed E-state index contributed by atoms with van der Waals surface area (Å²) < 4.78 is 0. The van der Waals surface area contributed by atoms with Gasteiger partial charge in [-0.05, 0) is 17.2 Å². The van der Waals surface area contributed by atoms with E-state index in [9.17, 15) is 4.79 Å². The standard InChI is InChI=1S/C19H23NO/c1-14(2)19(21)13-15-9-11-16(12-10-15)17-7-5-6-8-18(17)20(3)4/h5-12,14H,13H2,1-4H3. The molecule has 0 radical (unpaired) electrons. The third-order valence-electron chi connectivity index (χ3n) is 3.67. The number of carbonyl (C=O) groups excluding carboxylic acids is 1. The zero-order valence-corrected chi connectivity index (χ0v) is 13.3. The lowest BCUT2D eigenvalue weighted by Crippen LogP contribution is -2.10. The highest BCUT2D eigenvalue weighted by atomic mass is 16.1. The Labute approximate surface area is 127 Å². The maximum Gasteiger partial charge on any atom is 0.139 e. The highest BCUT2D eigenvalue weighted by Crippen LogP contribution is 2.29. The van der Waals surface area contributed by atoms with Gasteiger partial charge >= 0.3 is 0 Å². The van der Waals surface area contributed by atoms with E-state index in [0.29, 0.717) is 6.42 Å². The van der Waals surface area contributed by atoms with Gasteiger partial charge in [0.05, 0.1) is 0 Å². The van der Waals surface area contributed by atoms with Crippen molar-refractivity contribution in [1.29, 1.82) is 0 Å². The fraction of sp³-hybridized carbons (Fsp3) is 0.316.